The summed E-state index contributed by atoms with van der Waals surface area (Å²) in [6.45, 7) is 2.64. The molecule has 0 saturated carbocycles. The molecule has 0 bridgehead atoms. The van der Waals surface area contributed by atoms with Crippen LogP contribution in [0.2, 0.25) is 0 Å². The van der Waals surface area contributed by atoms with E-state index in [9.17, 15) is 23.3 Å². The predicted octanol–water partition coefficient (Wildman–Crippen LogP) is 2.09. The molecule has 29 heavy (non-hydrogen) atoms. The number of hydrogen-bond acceptors (Lipinski definition) is 6. The lowest BCUT2D eigenvalue weighted by atomic mass is 10.1. The largest absolute Gasteiger partial charge is 0.383 e. The van der Waals surface area contributed by atoms with Crippen LogP contribution in [0.4, 0.5) is 11.4 Å². The van der Waals surface area contributed by atoms with Gasteiger partial charge in [0.15, 0.2) is 0 Å². The van der Waals surface area contributed by atoms with Gasteiger partial charge in [-0.25, -0.2) is 8.42 Å². The summed E-state index contributed by atoms with van der Waals surface area (Å²) in [5.41, 5.74) is 1.31. The minimum absolute atomic E-state index is 0.165. The van der Waals surface area contributed by atoms with Gasteiger partial charge in [0.1, 0.15) is 5.69 Å². The zero-order valence-electron chi connectivity index (χ0n) is 16.2. The quantitative estimate of drug-likeness (QED) is 0.588. The number of nitrogens with zero attached hydrogens (tertiary/aromatic N) is 3. The minimum Gasteiger partial charge on any atom is -0.383 e. The molecule has 0 aliphatic carbocycles. The van der Waals surface area contributed by atoms with Crippen LogP contribution in [0.1, 0.15) is 15.9 Å². The molecule has 1 amide bonds. The maximum atomic E-state index is 12.8. The lowest BCUT2D eigenvalue weighted by Gasteiger charge is -2.34. The van der Waals surface area contributed by atoms with E-state index in [0.717, 1.165) is 5.56 Å². The number of rotatable bonds is 5. The van der Waals surface area contributed by atoms with E-state index in [1.54, 1.807) is 31.3 Å². The third-order valence-corrected chi connectivity index (χ3v) is 6.81. The fourth-order valence-corrected chi connectivity index (χ4v) is 4.62. The van der Waals surface area contributed by atoms with E-state index in [-0.39, 0.29) is 48.2 Å². The van der Waals surface area contributed by atoms with Gasteiger partial charge in [0.2, 0.25) is 10.0 Å². The molecule has 1 saturated heterocycles. The Bertz CT molecular complexity index is 1030. The Morgan fingerprint density at radius 1 is 1.07 bits per heavy atom. The van der Waals surface area contributed by atoms with Crippen LogP contribution in [0.3, 0.4) is 0 Å². The van der Waals surface area contributed by atoms with E-state index >= 15 is 0 Å². The van der Waals surface area contributed by atoms with Gasteiger partial charge in [-0.15, -0.1) is 0 Å². The van der Waals surface area contributed by atoms with E-state index in [2.05, 4.69) is 5.32 Å². The van der Waals surface area contributed by atoms with E-state index < -0.39 is 14.9 Å². The van der Waals surface area contributed by atoms with Gasteiger partial charge in [-0.2, -0.15) is 4.31 Å². The number of sulfonamides is 1. The zero-order valence-corrected chi connectivity index (χ0v) is 17.0. The van der Waals surface area contributed by atoms with Gasteiger partial charge in [0.05, 0.1) is 9.82 Å². The standard InChI is InChI=1S/C19H22N4O5S/c1-14-3-6-16(7-4-14)29(27,28)22-11-9-21(10-12-22)19(24)15-5-8-17(20-2)18(13-15)23(25)26/h3-8,13,20H,9-12H2,1-2H3. The van der Waals surface area contributed by atoms with Gasteiger partial charge < -0.3 is 10.2 Å². The SMILES string of the molecule is CNc1ccc(C(=O)N2CCN(S(=O)(=O)c3ccc(C)cc3)CC2)cc1[N+](=O)[O-]. The average Bonchev–Trinajstić information content (AvgIpc) is 2.73. The topological polar surface area (TPSA) is 113 Å². The van der Waals surface area contributed by atoms with Crippen molar-refractivity contribution in [3.8, 4) is 0 Å². The van der Waals surface area contributed by atoms with E-state index in [1.165, 1.54) is 27.4 Å². The Labute approximate surface area is 169 Å². The maximum absolute atomic E-state index is 12.8. The van der Waals surface area contributed by atoms with Crippen molar-refractivity contribution in [2.24, 2.45) is 0 Å². The molecular weight excluding hydrogens is 396 g/mol. The molecule has 0 radical (unpaired) electrons. The van der Waals surface area contributed by atoms with Crippen LogP contribution >= 0.6 is 0 Å². The number of hydrogen-bond donors (Lipinski definition) is 1. The third-order valence-electron chi connectivity index (χ3n) is 4.90. The molecule has 9 nitrogen and oxygen atoms in total. The van der Waals surface area contributed by atoms with Crippen LogP contribution in [0.15, 0.2) is 47.4 Å². The van der Waals surface area contributed by atoms with Crippen molar-refractivity contribution in [2.45, 2.75) is 11.8 Å². The Morgan fingerprint density at radius 2 is 1.69 bits per heavy atom. The molecule has 0 unspecified atom stereocenters. The predicted molar refractivity (Wildman–Crippen MR) is 108 cm³/mol. The van der Waals surface area contributed by atoms with Crippen LogP contribution in [-0.2, 0) is 10.0 Å². The summed E-state index contributed by atoms with van der Waals surface area (Å²) in [5.74, 6) is -0.358. The van der Waals surface area contributed by atoms with E-state index in [4.69, 9.17) is 0 Å². The second-order valence-electron chi connectivity index (χ2n) is 6.75. The number of nitro benzene ring substituents is 1. The Balaban J connectivity index is 1.72. The number of nitrogens with one attached hydrogen (secondary N) is 1. The third kappa shape index (κ3) is 4.22. The minimum atomic E-state index is -3.62. The van der Waals surface area contributed by atoms with Gasteiger partial charge in [-0.05, 0) is 31.2 Å². The first-order chi connectivity index (χ1) is 13.7. The molecule has 0 atom stereocenters. The van der Waals surface area contributed by atoms with Crippen LogP contribution in [0.5, 0.6) is 0 Å². The highest BCUT2D eigenvalue weighted by Gasteiger charge is 2.31. The van der Waals surface area contributed by atoms with Crippen molar-refractivity contribution in [1.29, 1.82) is 0 Å². The number of carbonyl (C=O) groups excluding carboxylic acids is 1. The molecule has 1 N–H and O–H groups in total. The Hall–Kier alpha value is -2.98. The molecule has 10 heteroatoms. The molecule has 1 aliphatic rings. The summed E-state index contributed by atoms with van der Waals surface area (Å²) >= 11 is 0. The van der Waals surface area contributed by atoms with Gasteiger partial charge in [-0.3, -0.25) is 14.9 Å². The highest BCUT2D eigenvalue weighted by Crippen LogP contribution is 2.26. The fraction of sp³-hybridized carbons (Fsp3) is 0.316. The number of anilines is 1. The number of aryl methyl sites for hydroxylation is 1. The first-order valence-electron chi connectivity index (χ1n) is 9.06. The van der Waals surface area contributed by atoms with Crippen LogP contribution in [0.25, 0.3) is 0 Å². The summed E-state index contributed by atoms with van der Waals surface area (Å²) in [6, 6.07) is 10.9. The van der Waals surface area contributed by atoms with Gasteiger partial charge in [-0.1, -0.05) is 17.7 Å². The van der Waals surface area contributed by atoms with Crippen molar-refractivity contribution in [2.75, 3.05) is 38.5 Å². The first kappa shape index (κ1) is 20.7. The van der Waals surface area contributed by atoms with Crippen LogP contribution in [0, 0.1) is 17.0 Å². The highest BCUT2D eigenvalue weighted by atomic mass is 32.2. The average molecular weight is 418 g/mol. The molecule has 2 aromatic carbocycles. The zero-order chi connectivity index (χ0) is 21.2. The van der Waals surface area contributed by atoms with Crippen molar-refractivity contribution in [3.05, 3.63) is 63.7 Å². The number of piperazine rings is 1. The molecule has 1 fully saturated rings. The monoisotopic (exact) mass is 418 g/mol. The maximum Gasteiger partial charge on any atom is 0.293 e. The van der Waals surface area contributed by atoms with Gasteiger partial charge in [0.25, 0.3) is 11.6 Å². The molecule has 0 aromatic heterocycles. The number of nitro groups is 1. The molecule has 0 spiro atoms. The highest BCUT2D eigenvalue weighted by molar-refractivity contribution is 7.89. The van der Waals surface area contributed by atoms with Crippen molar-refractivity contribution < 1.29 is 18.1 Å². The summed E-state index contributed by atoms with van der Waals surface area (Å²) in [6.07, 6.45) is 0. The van der Waals surface area contributed by atoms with Crippen molar-refractivity contribution >= 4 is 27.3 Å². The molecular formula is C19H22N4O5S. The normalized spacial score (nSPS) is 15.2. The smallest absolute Gasteiger partial charge is 0.293 e. The fourth-order valence-electron chi connectivity index (χ4n) is 3.20. The lowest BCUT2D eigenvalue weighted by molar-refractivity contribution is -0.384. The second-order valence-corrected chi connectivity index (χ2v) is 8.69. The Kier molecular flexibility index (Phi) is 5.85. The number of amides is 1. The van der Waals surface area contributed by atoms with Crippen LogP contribution in [-0.4, -0.2) is 61.7 Å². The first-order valence-corrected chi connectivity index (χ1v) is 10.5. The molecule has 1 aliphatic heterocycles. The van der Waals surface area contributed by atoms with Gasteiger partial charge >= 0.3 is 0 Å². The molecule has 154 valence electrons. The van der Waals surface area contributed by atoms with Crippen molar-refractivity contribution in [1.82, 2.24) is 9.21 Å². The lowest BCUT2D eigenvalue weighted by Crippen LogP contribution is -2.50. The molecule has 3 rings (SSSR count). The van der Waals surface area contributed by atoms with E-state index in [0.29, 0.717) is 5.69 Å². The summed E-state index contributed by atoms with van der Waals surface area (Å²) in [5, 5.41) is 13.9. The number of carbonyl (C=O) groups is 1. The Morgan fingerprint density at radius 3 is 2.24 bits per heavy atom. The van der Waals surface area contributed by atoms with Gasteiger partial charge in [0, 0.05) is 44.9 Å². The summed E-state index contributed by atoms with van der Waals surface area (Å²) < 4.78 is 26.9. The summed E-state index contributed by atoms with van der Waals surface area (Å²) in [7, 11) is -2.05. The second kappa shape index (κ2) is 8.18. The van der Waals surface area contributed by atoms with E-state index in [1.807, 2.05) is 6.92 Å². The number of benzene rings is 2. The molecule has 2 aromatic rings. The molecule has 1 heterocycles. The van der Waals surface area contributed by atoms with Crippen molar-refractivity contribution in [3.63, 3.8) is 0 Å². The summed E-state index contributed by atoms with van der Waals surface area (Å²) in [4.78, 5) is 25.2. The van der Waals surface area contributed by atoms with Crippen LogP contribution < -0.4 is 5.32 Å².